The molecule has 3 aromatic rings. The van der Waals surface area contributed by atoms with Gasteiger partial charge in [-0.1, -0.05) is 0 Å². The monoisotopic (exact) mass is 568 g/mol. The number of benzene rings is 3. The van der Waals surface area contributed by atoms with Gasteiger partial charge in [0.15, 0.2) is 34.7 Å². The van der Waals surface area contributed by atoms with Crippen molar-refractivity contribution in [2.75, 3.05) is 11.5 Å². The normalized spacial score (nSPS) is 12.6. The highest BCUT2D eigenvalue weighted by molar-refractivity contribution is 5.55. The molecule has 0 aliphatic carbocycles. The maximum atomic E-state index is 14.5. The third kappa shape index (κ3) is 5.60. The number of nitrogen functional groups attached to an aromatic ring is 2. The number of ether oxygens (including phenoxy) is 2. The lowest BCUT2D eigenvalue weighted by molar-refractivity contribution is -0.142. The van der Waals surface area contributed by atoms with E-state index >= 15 is 0 Å². The minimum Gasteiger partial charge on any atom is -0.453 e. The van der Waals surface area contributed by atoms with E-state index in [9.17, 15) is 57.1 Å². The highest BCUT2D eigenvalue weighted by Gasteiger charge is 2.42. The van der Waals surface area contributed by atoms with Gasteiger partial charge < -0.3 is 20.9 Å². The van der Waals surface area contributed by atoms with Gasteiger partial charge in [-0.25, -0.2) is 13.2 Å². The fraction of sp³-hybridized carbons (Fsp3) is 0.143. The average molecular weight is 568 g/mol. The van der Waals surface area contributed by atoms with Crippen LogP contribution in [0.1, 0.15) is 16.7 Å². The summed E-state index contributed by atoms with van der Waals surface area (Å²) in [4.78, 5) is 0. The van der Waals surface area contributed by atoms with E-state index in [-0.39, 0.29) is 24.3 Å². The van der Waals surface area contributed by atoms with E-state index in [0.717, 1.165) is 0 Å². The predicted molar refractivity (Wildman–Crippen MR) is 103 cm³/mol. The first-order valence-corrected chi connectivity index (χ1v) is 9.49. The molecular weight excluding hydrogens is 559 g/mol. The van der Waals surface area contributed by atoms with Gasteiger partial charge in [-0.3, -0.25) is 0 Å². The molecule has 3 aromatic carbocycles. The summed E-state index contributed by atoms with van der Waals surface area (Å²) in [5.41, 5.74) is 1.96. The van der Waals surface area contributed by atoms with Gasteiger partial charge in [0.05, 0.1) is 11.1 Å². The topological polar surface area (TPSA) is 70.5 Å². The van der Waals surface area contributed by atoms with Gasteiger partial charge >= 0.3 is 18.5 Å². The van der Waals surface area contributed by atoms with Gasteiger partial charge in [0, 0.05) is 29.6 Å². The van der Waals surface area contributed by atoms with Crippen LogP contribution in [0.15, 0.2) is 30.3 Å². The molecule has 4 N–H and O–H groups in total. The van der Waals surface area contributed by atoms with Crippen LogP contribution in [0.3, 0.4) is 0 Å². The van der Waals surface area contributed by atoms with Crippen molar-refractivity contribution in [3.8, 4) is 23.0 Å². The highest BCUT2D eigenvalue weighted by Crippen LogP contribution is 2.47. The molecule has 0 aliphatic rings. The Balaban J connectivity index is 2.23. The summed E-state index contributed by atoms with van der Waals surface area (Å²) in [6.07, 6.45) is -16.6. The maximum Gasteiger partial charge on any atom is 0.422 e. The zero-order chi connectivity index (χ0) is 29.0. The Kier molecular flexibility index (Phi) is 7.02. The lowest BCUT2D eigenvalue weighted by Crippen LogP contribution is -2.14. The van der Waals surface area contributed by atoms with Crippen LogP contribution in [-0.2, 0) is 18.5 Å². The van der Waals surface area contributed by atoms with E-state index in [1.165, 1.54) is 0 Å². The lowest BCUT2D eigenvalue weighted by atomic mass is 10.1. The Morgan fingerprint density at radius 2 is 0.816 bits per heavy atom. The molecule has 0 unspecified atom stereocenters. The fourth-order valence-electron chi connectivity index (χ4n) is 3.04. The Labute approximate surface area is 202 Å². The van der Waals surface area contributed by atoms with Crippen molar-refractivity contribution in [2.24, 2.45) is 0 Å². The van der Waals surface area contributed by atoms with Gasteiger partial charge in [-0.15, -0.1) is 0 Å². The molecule has 38 heavy (non-hydrogen) atoms. The quantitative estimate of drug-likeness (QED) is 0.247. The molecule has 0 bridgehead atoms. The Morgan fingerprint density at radius 1 is 0.447 bits per heavy atom. The smallest absolute Gasteiger partial charge is 0.422 e. The highest BCUT2D eigenvalue weighted by atomic mass is 19.4. The van der Waals surface area contributed by atoms with Gasteiger partial charge in [-0.2, -0.15) is 43.9 Å². The number of anilines is 2. The number of alkyl halides is 9. The standard InChI is InChI=1S/C21H9F13N2O2/c22-15-8(19(26,27)28)1-6(35)3-11(15)37-10-5-13(17(24)18(25)14(10)21(32,33)34)38-12-4-7(36)2-9(16(12)23)20(29,30)31/h1-5H,35-36H2. The SMILES string of the molecule is Nc1cc(Oc2cc(Oc3cc(N)cc(C(F)(F)F)c3F)c(C(F)(F)F)c(F)c2F)c(F)c(C(F)(F)F)c1. The van der Waals surface area contributed by atoms with E-state index in [1.54, 1.807) is 0 Å². The molecule has 0 radical (unpaired) electrons. The average Bonchev–Trinajstić information content (AvgIpc) is 2.73. The number of hydrogen-bond donors (Lipinski definition) is 2. The molecular formula is C21H9F13N2O2. The van der Waals surface area contributed by atoms with Crippen LogP contribution in [-0.4, -0.2) is 0 Å². The fourth-order valence-corrected chi connectivity index (χ4v) is 3.04. The molecule has 206 valence electrons. The van der Waals surface area contributed by atoms with Crippen LogP contribution in [0.2, 0.25) is 0 Å². The molecule has 4 nitrogen and oxygen atoms in total. The second-order valence-electron chi connectivity index (χ2n) is 7.33. The number of hydrogen-bond acceptors (Lipinski definition) is 4. The van der Waals surface area contributed by atoms with Crippen molar-refractivity contribution in [2.45, 2.75) is 18.5 Å². The first-order chi connectivity index (χ1) is 17.2. The Hall–Kier alpha value is -4.05. The van der Waals surface area contributed by atoms with Crippen molar-refractivity contribution in [3.63, 3.8) is 0 Å². The van der Waals surface area contributed by atoms with E-state index in [0.29, 0.717) is 6.07 Å². The minimum absolute atomic E-state index is 0.0630. The first kappa shape index (κ1) is 28.5. The second-order valence-corrected chi connectivity index (χ2v) is 7.33. The summed E-state index contributed by atoms with van der Waals surface area (Å²) in [6, 6.07) is 0.578. The van der Waals surface area contributed by atoms with Gasteiger partial charge in [0.25, 0.3) is 0 Å². The van der Waals surface area contributed by atoms with Gasteiger partial charge in [0.1, 0.15) is 11.3 Å². The van der Waals surface area contributed by atoms with Crippen LogP contribution in [0, 0.1) is 23.3 Å². The predicted octanol–water partition coefficient (Wildman–Crippen LogP) is 8.05. The van der Waals surface area contributed by atoms with E-state index < -0.39 is 92.9 Å². The molecule has 0 amide bonds. The molecule has 0 heterocycles. The molecule has 0 atom stereocenters. The van der Waals surface area contributed by atoms with Crippen molar-refractivity contribution >= 4 is 11.4 Å². The molecule has 0 saturated carbocycles. The van der Waals surface area contributed by atoms with Crippen LogP contribution in [0.25, 0.3) is 0 Å². The Morgan fingerprint density at radius 3 is 1.18 bits per heavy atom. The summed E-state index contributed by atoms with van der Waals surface area (Å²) in [5, 5.41) is 0. The number of rotatable bonds is 4. The van der Waals surface area contributed by atoms with Crippen LogP contribution in [0.5, 0.6) is 23.0 Å². The maximum absolute atomic E-state index is 14.5. The first-order valence-electron chi connectivity index (χ1n) is 9.49. The summed E-state index contributed by atoms with van der Waals surface area (Å²) >= 11 is 0. The van der Waals surface area contributed by atoms with Crippen molar-refractivity contribution in [1.29, 1.82) is 0 Å². The zero-order valence-corrected chi connectivity index (χ0v) is 17.8. The summed E-state index contributed by atoms with van der Waals surface area (Å²) in [7, 11) is 0. The largest absolute Gasteiger partial charge is 0.453 e. The summed E-state index contributed by atoms with van der Waals surface area (Å²) < 4.78 is 185. The van der Waals surface area contributed by atoms with Crippen molar-refractivity contribution in [3.05, 3.63) is 70.3 Å². The van der Waals surface area contributed by atoms with Gasteiger partial charge in [-0.05, 0) is 12.1 Å². The third-order valence-corrected chi connectivity index (χ3v) is 4.59. The molecule has 0 aliphatic heterocycles. The van der Waals surface area contributed by atoms with E-state index in [4.69, 9.17) is 11.5 Å². The molecule has 3 rings (SSSR count). The van der Waals surface area contributed by atoms with Crippen LogP contribution in [0.4, 0.5) is 68.5 Å². The van der Waals surface area contributed by atoms with Crippen molar-refractivity contribution < 1.29 is 66.5 Å². The second kappa shape index (κ2) is 9.36. The number of halogens is 13. The van der Waals surface area contributed by atoms with Crippen molar-refractivity contribution in [1.82, 2.24) is 0 Å². The van der Waals surface area contributed by atoms with E-state index in [2.05, 4.69) is 9.47 Å². The minimum atomic E-state index is -5.83. The molecule has 0 fully saturated rings. The Bertz CT molecular complexity index is 1400. The molecule has 0 saturated heterocycles. The third-order valence-electron chi connectivity index (χ3n) is 4.59. The summed E-state index contributed by atoms with van der Waals surface area (Å²) in [5.74, 6) is -16.7. The number of nitrogens with two attached hydrogens (primary N) is 2. The molecule has 0 aromatic heterocycles. The molecule has 0 spiro atoms. The lowest BCUT2D eigenvalue weighted by Gasteiger charge is -2.19. The van der Waals surface area contributed by atoms with Gasteiger partial charge in [0.2, 0.25) is 5.82 Å². The van der Waals surface area contributed by atoms with Crippen LogP contribution >= 0.6 is 0 Å². The zero-order valence-electron chi connectivity index (χ0n) is 17.8. The van der Waals surface area contributed by atoms with Crippen LogP contribution < -0.4 is 20.9 Å². The summed E-state index contributed by atoms with van der Waals surface area (Å²) in [6.45, 7) is 0. The molecule has 17 heteroatoms. The van der Waals surface area contributed by atoms with E-state index in [1.807, 2.05) is 0 Å².